The topological polar surface area (TPSA) is 0 Å². The second kappa shape index (κ2) is 5.92. The summed E-state index contributed by atoms with van der Waals surface area (Å²) in [4.78, 5) is 0. The van der Waals surface area contributed by atoms with Crippen molar-refractivity contribution in [2.75, 3.05) is 0 Å². The largest absolute Gasteiger partial charge is 0.0654 e. The lowest BCUT2D eigenvalue weighted by molar-refractivity contribution is 0.252. The van der Waals surface area contributed by atoms with Gasteiger partial charge in [-0.05, 0) is 42.4 Å². The Balaban J connectivity index is 2.31. The van der Waals surface area contributed by atoms with Crippen LogP contribution in [0.15, 0.2) is 0 Å². The van der Waals surface area contributed by atoms with E-state index in [2.05, 4.69) is 34.6 Å². The third-order valence-electron chi connectivity index (χ3n) is 4.65. The van der Waals surface area contributed by atoms with Gasteiger partial charge in [0.2, 0.25) is 0 Å². The summed E-state index contributed by atoms with van der Waals surface area (Å²) in [6.45, 7) is 12.0. The summed E-state index contributed by atoms with van der Waals surface area (Å²) in [6.07, 6.45) is 7.14. The zero-order valence-electron chi connectivity index (χ0n) is 11.4. The molecule has 0 heterocycles. The van der Waals surface area contributed by atoms with Crippen molar-refractivity contribution >= 4 is 0 Å². The molecule has 0 N–H and O–H groups in total. The molecule has 1 rings (SSSR count). The van der Waals surface area contributed by atoms with E-state index >= 15 is 0 Å². The molecule has 1 saturated carbocycles. The first kappa shape index (κ1) is 13.1. The van der Waals surface area contributed by atoms with Crippen LogP contribution in [0.5, 0.6) is 0 Å². The van der Waals surface area contributed by atoms with E-state index in [0.29, 0.717) is 0 Å². The van der Waals surface area contributed by atoms with Crippen molar-refractivity contribution in [2.24, 2.45) is 29.6 Å². The van der Waals surface area contributed by atoms with Gasteiger partial charge >= 0.3 is 0 Å². The maximum atomic E-state index is 2.48. The number of rotatable bonds is 7. The van der Waals surface area contributed by atoms with Gasteiger partial charge in [0.05, 0.1) is 0 Å². The van der Waals surface area contributed by atoms with Crippen LogP contribution in [0, 0.1) is 29.6 Å². The summed E-state index contributed by atoms with van der Waals surface area (Å²) in [7, 11) is 0. The fraction of sp³-hybridized carbons (Fsp3) is 1.00. The highest BCUT2D eigenvalue weighted by molar-refractivity contribution is 4.87. The van der Waals surface area contributed by atoms with Crippen LogP contribution in [-0.4, -0.2) is 0 Å². The lowest BCUT2D eigenvalue weighted by Gasteiger charge is -2.25. The summed E-state index contributed by atoms with van der Waals surface area (Å²) >= 11 is 0. The van der Waals surface area contributed by atoms with Crippen molar-refractivity contribution in [1.29, 1.82) is 0 Å². The maximum Gasteiger partial charge on any atom is -0.0360 e. The minimum atomic E-state index is 0.941. The van der Waals surface area contributed by atoms with Crippen molar-refractivity contribution in [3.63, 3.8) is 0 Å². The van der Waals surface area contributed by atoms with Crippen LogP contribution in [0.1, 0.15) is 66.7 Å². The fourth-order valence-corrected chi connectivity index (χ4v) is 3.29. The Morgan fingerprint density at radius 2 is 1.80 bits per heavy atom. The predicted octanol–water partition coefficient (Wildman–Crippen LogP) is 5.13. The molecule has 0 aromatic heterocycles. The average molecular weight is 210 g/mol. The molecule has 90 valence electrons. The van der Waals surface area contributed by atoms with Gasteiger partial charge in [-0.1, -0.05) is 53.9 Å². The average Bonchev–Trinajstić information content (AvgIpc) is 2.92. The molecular weight excluding hydrogens is 180 g/mol. The molecule has 1 fully saturated rings. The van der Waals surface area contributed by atoms with E-state index in [1.807, 2.05) is 0 Å². The summed E-state index contributed by atoms with van der Waals surface area (Å²) < 4.78 is 0. The molecule has 5 unspecified atom stereocenters. The minimum Gasteiger partial charge on any atom is -0.0654 e. The first-order valence-corrected chi connectivity index (χ1v) is 7.10. The zero-order valence-corrected chi connectivity index (χ0v) is 11.4. The van der Waals surface area contributed by atoms with Crippen molar-refractivity contribution < 1.29 is 0 Å². The Hall–Kier alpha value is 0. The predicted molar refractivity (Wildman–Crippen MR) is 68.9 cm³/mol. The highest BCUT2D eigenvalue weighted by Crippen LogP contribution is 2.46. The molecule has 0 aromatic carbocycles. The Morgan fingerprint density at radius 1 is 1.20 bits per heavy atom. The lowest BCUT2D eigenvalue weighted by Crippen LogP contribution is -2.15. The van der Waals surface area contributed by atoms with E-state index in [-0.39, 0.29) is 0 Å². The van der Waals surface area contributed by atoms with Crippen molar-refractivity contribution in [3.8, 4) is 0 Å². The molecular formula is C15H30. The summed E-state index contributed by atoms with van der Waals surface area (Å²) in [5.74, 6) is 4.99. The zero-order chi connectivity index (χ0) is 11.4. The third kappa shape index (κ3) is 3.81. The highest BCUT2D eigenvalue weighted by atomic mass is 14.4. The molecule has 0 nitrogen and oxygen atoms in total. The molecule has 0 radical (unpaired) electrons. The van der Waals surface area contributed by atoms with E-state index in [0.717, 1.165) is 29.6 Å². The van der Waals surface area contributed by atoms with Gasteiger partial charge in [-0.2, -0.15) is 0 Å². The normalized spacial score (nSPS) is 31.0. The van der Waals surface area contributed by atoms with Crippen molar-refractivity contribution in [2.45, 2.75) is 66.7 Å². The van der Waals surface area contributed by atoms with Gasteiger partial charge < -0.3 is 0 Å². The molecule has 1 aliphatic carbocycles. The lowest BCUT2D eigenvalue weighted by atomic mass is 9.80. The molecule has 0 saturated heterocycles. The standard InChI is InChI=1S/C15H30/c1-6-8-11(3)14(7-2)9-12(4)15-10-13(15)5/h11-15H,6-10H2,1-5H3. The smallest absolute Gasteiger partial charge is 0.0360 e. The van der Waals surface area contributed by atoms with Gasteiger partial charge in [-0.3, -0.25) is 0 Å². The molecule has 0 heteroatoms. The Kier molecular flexibility index (Phi) is 5.15. The van der Waals surface area contributed by atoms with Gasteiger partial charge in [0.15, 0.2) is 0 Å². The summed E-state index contributed by atoms with van der Waals surface area (Å²) in [5, 5.41) is 0. The van der Waals surface area contributed by atoms with Crippen LogP contribution in [0.3, 0.4) is 0 Å². The first-order valence-electron chi connectivity index (χ1n) is 7.10. The minimum absolute atomic E-state index is 0.941. The Bertz CT molecular complexity index is 173. The highest BCUT2D eigenvalue weighted by Gasteiger charge is 2.37. The molecule has 0 bridgehead atoms. The molecule has 15 heavy (non-hydrogen) atoms. The van der Waals surface area contributed by atoms with Crippen LogP contribution >= 0.6 is 0 Å². The van der Waals surface area contributed by atoms with Crippen LogP contribution in [-0.2, 0) is 0 Å². The van der Waals surface area contributed by atoms with Gasteiger partial charge in [-0.15, -0.1) is 0 Å². The van der Waals surface area contributed by atoms with Crippen LogP contribution < -0.4 is 0 Å². The van der Waals surface area contributed by atoms with E-state index in [4.69, 9.17) is 0 Å². The SMILES string of the molecule is CCCC(C)C(CC)CC(C)C1CC1C. The quantitative estimate of drug-likeness (QED) is 0.546. The number of hydrogen-bond donors (Lipinski definition) is 0. The fourth-order valence-electron chi connectivity index (χ4n) is 3.29. The Morgan fingerprint density at radius 3 is 2.20 bits per heavy atom. The van der Waals surface area contributed by atoms with Crippen LogP contribution in [0.2, 0.25) is 0 Å². The van der Waals surface area contributed by atoms with Gasteiger partial charge in [0, 0.05) is 0 Å². The molecule has 0 spiro atoms. The summed E-state index contributed by atoms with van der Waals surface area (Å²) in [5.41, 5.74) is 0. The molecule has 5 atom stereocenters. The van der Waals surface area contributed by atoms with Crippen LogP contribution in [0.4, 0.5) is 0 Å². The monoisotopic (exact) mass is 210 g/mol. The molecule has 0 aromatic rings. The molecule has 0 amide bonds. The second-order valence-corrected chi connectivity index (χ2v) is 6.02. The molecule has 1 aliphatic rings. The van der Waals surface area contributed by atoms with E-state index in [9.17, 15) is 0 Å². The summed E-state index contributed by atoms with van der Waals surface area (Å²) in [6, 6.07) is 0. The van der Waals surface area contributed by atoms with Gasteiger partial charge in [0.1, 0.15) is 0 Å². The van der Waals surface area contributed by atoms with E-state index in [1.165, 1.54) is 32.1 Å². The van der Waals surface area contributed by atoms with Crippen molar-refractivity contribution in [3.05, 3.63) is 0 Å². The number of hydrogen-bond acceptors (Lipinski definition) is 0. The van der Waals surface area contributed by atoms with E-state index in [1.54, 1.807) is 0 Å². The third-order valence-corrected chi connectivity index (χ3v) is 4.65. The maximum absolute atomic E-state index is 2.48. The van der Waals surface area contributed by atoms with E-state index < -0.39 is 0 Å². The van der Waals surface area contributed by atoms with Crippen molar-refractivity contribution in [1.82, 2.24) is 0 Å². The second-order valence-electron chi connectivity index (χ2n) is 6.02. The molecule has 0 aliphatic heterocycles. The van der Waals surface area contributed by atoms with Gasteiger partial charge in [-0.25, -0.2) is 0 Å². The van der Waals surface area contributed by atoms with Gasteiger partial charge in [0.25, 0.3) is 0 Å². The first-order chi connectivity index (χ1) is 7.10. The van der Waals surface area contributed by atoms with Crippen LogP contribution in [0.25, 0.3) is 0 Å². The Labute approximate surface area is 96.8 Å².